The van der Waals surface area contributed by atoms with Gasteiger partial charge in [0.1, 0.15) is 5.60 Å². The average Bonchev–Trinajstić information content (AvgIpc) is 3.19. The van der Waals surface area contributed by atoms with Crippen molar-refractivity contribution in [2.75, 3.05) is 7.11 Å². The topological polar surface area (TPSA) is 77.8 Å². The predicted octanol–water partition coefficient (Wildman–Crippen LogP) is 5.98. The molecule has 180 valence electrons. The second kappa shape index (κ2) is 8.73. The summed E-state index contributed by atoms with van der Waals surface area (Å²) in [6.07, 6.45) is 6.04. The third kappa shape index (κ3) is 4.46. The molecule has 0 radical (unpaired) electrons. The molecule has 5 rings (SSSR count). The largest absolute Gasteiger partial charge is 0.494 e. The highest BCUT2D eigenvalue weighted by Crippen LogP contribution is 2.42. The van der Waals surface area contributed by atoms with Crippen LogP contribution in [-0.4, -0.2) is 33.2 Å². The van der Waals surface area contributed by atoms with Crippen molar-refractivity contribution in [3.63, 3.8) is 0 Å². The van der Waals surface area contributed by atoms with Gasteiger partial charge in [0, 0.05) is 11.1 Å². The molecule has 1 amide bonds. The van der Waals surface area contributed by atoms with E-state index in [1.807, 2.05) is 49.6 Å². The number of ether oxygens (including phenoxy) is 2. The van der Waals surface area contributed by atoms with E-state index in [4.69, 9.17) is 14.5 Å². The van der Waals surface area contributed by atoms with Crippen molar-refractivity contribution in [3.05, 3.63) is 72.6 Å². The van der Waals surface area contributed by atoms with Crippen LogP contribution in [0.1, 0.15) is 45.6 Å². The lowest BCUT2D eigenvalue weighted by Crippen LogP contribution is -2.52. The number of carbonyl (C=O) groups is 1. The summed E-state index contributed by atoms with van der Waals surface area (Å²) in [6, 6.07) is 18.4. The first-order valence-corrected chi connectivity index (χ1v) is 11.9. The van der Waals surface area contributed by atoms with E-state index >= 15 is 0 Å². The molecule has 0 unspecified atom stereocenters. The summed E-state index contributed by atoms with van der Waals surface area (Å²) < 4.78 is 12.9. The Morgan fingerprint density at radius 2 is 1.74 bits per heavy atom. The van der Waals surface area contributed by atoms with Gasteiger partial charge in [0.25, 0.3) is 0 Å². The summed E-state index contributed by atoms with van der Waals surface area (Å²) in [5.41, 5.74) is 3.95. The number of rotatable bonds is 5. The maximum atomic E-state index is 12.5. The van der Waals surface area contributed by atoms with Gasteiger partial charge in [-0.15, -0.1) is 0 Å². The molecule has 1 aliphatic rings. The maximum Gasteiger partial charge on any atom is 0.408 e. The highest BCUT2D eigenvalue weighted by molar-refractivity contribution is 5.81. The van der Waals surface area contributed by atoms with E-state index in [1.165, 1.54) is 0 Å². The van der Waals surface area contributed by atoms with Crippen LogP contribution < -0.4 is 10.1 Å². The Kier molecular flexibility index (Phi) is 5.71. The van der Waals surface area contributed by atoms with E-state index in [2.05, 4.69) is 46.7 Å². The minimum absolute atomic E-state index is 0.381. The molecule has 0 saturated heterocycles. The van der Waals surface area contributed by atoms with Gasteiger partial charge in [-0.2, -0.15) is 0 Å². The Labute approximate surface area is 205 Å². The Balaban J connectivity index is 1.52. The first kappa shape index (κ1) is 22.9. The standard InChI is InChI=1S/C28H30N4O3/c1-27(2,3)35-26(33)31-28(15-8-16-28)21-13-11-19(12-14-21)23-24(20-9-6-5-7-10-20)32-18-22(34-4)17-29-25(32)30-23/h5-7,9-14,17-18H,8,15-16H2,1-4H3,(H,31,33). The van der Waals surface area contributed by atoms with E-state index in [0.717, 1.165) is 47.3 Å². The number of imidazole rings is 1. The normalized spacial score (nSPS) is 14.9. The molecule has 0 spiro atoms. The second-order valence-corrected chi connectivity index (χ2v) is 9.98. The molecule has 2 aromatic heterocycles. The Morgan fingerprint density at radius 1 is 1.03 bits per heavy atom. The van der Waals surface area contributed by atoms with Crippen LogP contribution in [0.25, 0.3) is 28.3 Å². The lowest BCUT2D eigenvalue weighted by molar-refractivity contribution is 0.0377. The van der Waals surface area contributed by atoms with E-state index in [1.54, 1.807) is 13.3 Å². The number of carbonyl (C=O) groups excluding carboxylic acids is 1. The van der Waals surface area contributed by atoms with Gasteiger partial charge in [-0.25, -0.2) is 14.8 Å². The number of hydrogen-bond acceptors (Lipinski definition) is 5. The summed E-state index contributed by atoms with van der Waals surface area (Å²) in [6.45, 7) is 5.62. The summed E-state index contributed by atoms with van der Waals surface area (Å²) >= 11 is 0. The number of fused-ring (bicyclic) bond motifs is 1. The first-order chi connectivity index (χ1) is 16.8. The van der Waals surface area contributed by atoms with Crippen LogP contribution in [0.4, 0.5) is 4.79 Å². The van der Waals surface area contributed by atoms with Crippen molar-refractivity contribution in [1.29, 1.82) is 0 Å². The fourth-order valence-electron chi connectivity index (χ4n) is 4.56. The minimum Gasteiger partial charge on any atom is -0.494 e. The smallest absolute Gasteiger partial charge is 0.408 e. The van der Waals surface area contributed by atoms with Crippen molar-refractivity contribution in [2.24, 2.45) is 0 Å². The lowest BCUT2D eigenvalue weighted by atomic mass is 9.71. The zero-order valence-corrected chi connectivity index (χ0v) is 20.5. The van der Waals surface area contributed by atoms with Gasteiger partial charge in [0.15, 0.2) is 5.75 Å². The van der Waals surface area contributed by atoms with E-state index < -0.39 is 11.1 Å². The molecule has 1 saturated carbocycles. The van der Waals surface area contributed by atoms with Gasteiger partial charge < -0.3 is 14.8 Å². The quantitative estimate of drug-likeness (QED) is 0.388. The lowest BCUT2D eigenvalue weighted by Gasteiger charge is -2.43. The van der Waals surface area contributed by atoms with Gasteiger partial charge in [-0.3, -0.25) is 4.40 Å². The van der Waals surface area contributed by atoms with Crippen LogP contribution in [0.15, 0.2) is 67.0 Å². The van der Waals surface area contributed by atoms with Gasteiger partial charge in [0.05, 0.1) is 36.4 Å². The zero-order valence-electron chi connectivity index (χ0n) is 20.5. The maximum absolute atomic E-state index is 12.5. The highest BCUT2D eigenvalue weighted by atomic mass is 16.6. The molecular weight excluding hydrogens is 440 g/mol. The molecule has 7 nitrogen and oxygen atoms in total. The molecule has 35 heavy (non-hydrogen) atoms. The fraction of sp³-hybridized carbons (Fsp3) is 0.321. The molecule has 0 bridgehead atoms. The average molecular weight is 471 g/mol. The van der Waals surface area contributed by atoms with Gasteiger partial charge >= 0.3 is 6.09 Å². The van der Waals surface area contributed by atoms with Crippen LogP contribution in [0.2, 0.25) is 0 Å². The molecule has 0 atom stereocenters. The number of hydrogen-bond donors (Lipinski definition) is 1. The molecular formula is C28H30N4O3. The second-order valence-electron chi connectivity index (χ2n) is 9.98. The number of methoxy groups -OCH3 is 1. The molecule has 1 fully saturated rings. The summed E-state index contributed by atoms with van der Waals surface area (Å²) in [5, 5.41) is 3.13. The van der Waals surface area contributed by atoms with Gasteiger partial charge in [0.2, 0.25) is 5.78 Å². The Bertz CT molecular complexity index is 1350. The predicted molar refractivity (Wildman–Crippen MR) is 135 cm³/mol. The van der Waals surface area contributed by atoms with Crippen LogP contribution in [0.5, 0.6) is 5.75 Å². The molecule has 1 aliphatic carbocycles. The molecule has 2 aromatic carbocycles. The minimum atomic E-state index is -0.535. The Hall–Kier alpha value is -3.87. The first-order valence-electron chi connectivity index (χ1n) is 11.9. The summed E-state index contributed by atoms with van der Waals surface area (Å²) in [7, 11) is 1.63. The molecule has 7 heteroatoms. The van der Waals surface area contributed by atoms with Crippen LogP contribution in [0.3, 0.4) is 0 Å². The third-order valence-corrected chi connectivity index (χ3v) is 6.40. The fourth-order valence-corrected chi connectivity index (χ4v) is 4.56. The van der Waals surface area contributed by atoms with E-state index in [0.29, 0.717) is 11.5 Å². The number of nitrogens with zero attached hydrogens (tertiary/aromatic N) is 3. The van der Waals surface area contributed by atoms with Gasteiger partial charge in [-0.05, 0) is 45.6 Å². The monoisotopic (exact) mass is 470 g/mol. The SMILES string of the molecule is COc1cnc2nc(-c3ccc(C4(NC(=O)OC(C)(C)C)CCC4)cc3)c(-c3ccccc3)n2c1. The van der Waals surface area contributed by atoms with E-state index in [-0.39, 0.29) is 6.09 Å². The van der Waals surface area contributed by atoms with Crippen molar-refractivity contribution < 1.29 is 14.3 Å². The van der Waals surface area contributed by atoms with Crippen LogP contribution in [0, 0.1) is 0 Å². The molecule has 4 aromatic rings. The number of aromatic nitrogens is 3. The molecule has 1 N–H and O–H groups in total. The number of amides is 1. The highest BCUT2D eigenvalue weighted by Gasteiger charge is 2.41. The van der Waals surface area contributed by atoms with Crippen molar-refractivity contribution >= 4 is 11.9 Å². The van der Waals surface area contributed by atoms with Crippen molar-refractivity contribution in [2.45, 2.75) is 51.2 Å². The van der Waals surface area contributed by atoms with Crippen LogP contribution in [-0.2, 0) is 10.3 Å². The van der Waals surface area contributed by atoms with E-state index in [9.17, 15) is 4.79 Å². The summed E-state index contributed by atoms with van der Waals surface area (Å²) in [5.74, 6) is 1.26. The number of alkyl carbamates (subject to hydrolysis) is 1. The third-order valence-electron chi connectivity index (χ3n) is 6.40. The number of benzene rings is 2. The van der Waals surface area contributed by atoms with Gasteiger partial charge in [-0.1, -0.05) is 54.6 Å². The number of nitrogens with one attached hydrogen (secondary N) is 1. The molecule has 0 aliphatic heterocycles. The molecule has 2 heterocycles. The van der Waals surface area contributed by atoms with Crippen molar-refractivity contribution in [1.82, 2.24) is 19.7 Å². The van der Waals surface area contributed by atoms with Crippen LogP contribution >= 0.6 is 0 Å². The summed E-state index contributed by atoms with van der Waals surface area (Å²) in [4.78, 5) is 21.9. The van der Waals surface area contributed by atoms with Crippen molar-refractivity contribution in [3.8, 4) is 28.3 Å². The Morgan fingerprint density at radius 3 is 2.34 bits per heavy atom. The zero-order chi connectivity index (χ0) is 24.6.